The SMILES string of the molecule is NCC1(CC(=O)Nc2ccc(-c3nnco3)cc2)CCC1. The molecule has 0 radical (unpaired) electrons. The second-order valence-electron chi connectivity index (χ2n) is 5.60. The number of anilines is 1. The molecule has 1 amide bonds. The fraction of sp³-hybridized carbons (Fsp3) is 0.400. The Hall–Kier alpha value is -2.21. The molecule has 0 saturated heterocycles. The highest BCUT2D eigenvalue weighted by molar-refractivity contribution is 5.91. The number of benzene rings is 1. The first kappa shape index (κ1) is 13.8. The lowest BCUT2D eigenvalue weighted by atomic mass is 9.66. The van der Waals surface area contributed by atoms with E-state index in [9.17, 15) is 4.79 Å². The molecule has 3 N–H and O–H groups in total. The van der Waals surface area contributed by atoms with Crippen molar-refractivity contribution in [3.05, 3.63) is 30.7 Å². The Morgan fingerprint density at radius 2 is 2.10 bits per heavy atom. The van der Waals surface area contributed by atoms with E-state index in [1.807, 2.05) is 24.3 Å². The highest BCUT2D eigenvalue weighted by atomic mass is 16.4. The van der Waals surface area contributed by atoms with Gasteiger partial charge in [-0.05, 0) is 49.1 Å². The van der Waals surface area contributed by atoms with Crippen LogP contribution in [-0.4, -0.2) is 22.6 Å². The first-order valence-corrected chi connectivity index (χ1v) is 7.07. The molecule has 1 fully saturated rings. The van der Waals surface area contributed by atoms with E-state index < -0.39 is 0 Å². The average Bonchev–Trinajstić information content (AvgIpc) is 2.98. The van der Waals surface area contributed by atoms with E-state index in [-0.39, 0.29) is 11.3 Å². The number of carbonyl (C=O) groups excluding carboxylic acids is 1. The van der Waals surface area contributed by atoms with Gasteiger partial charge in [0.05, 0.1) is 0 Å². The number of rotatable bonds is 5. The molecule has 110 valence electrons. The Kier molecular flexibility index (Phi) is 3.70. The van der Waals surface area contributed by atoms with E-state index in [0.717, 1.165) is 24.1 Å². The highest BCUT2D eigenvalue weighted by Crippen LogP contribution is 2.43. The molecule has 6 nitrogen and oxygen atoms in total. The summed E-state index contributed by atoms with van der Waals surface area (Å²) in [5.74, 6) is 0.482. The Balaban J connectivity index is 1.61. The third-order valence-electron chi connectivity index (χ3n) is 4.16. The number of carbonyl (C=O) groups is 1. The van der Waals surface area contributed by atoms with Crippen molar-refractivity contribution in [2.75, 3.05) is 11.9 Å². The fourth-order valence-electron chi connectivity index (χ4n) is 2.67. The molecule has 1 aromatic carbocycles. The van der Waals surface area contributed by atoms with Crippen molar-refractivity contribution in [2.24, 2.45) is 11.1 Å². The summed E-state index contributed by atoms with van der Waals surface area (Å²) in [5.41, 5.74) is 7.38. The molecule has 0 unspecified atom stereocenters. The van der Waals surface area contributed by atoms with Gasteiger partial charge >= 0.3 is 0 Å². The summed E-state index contributed by atoms with van der Waals surface area (Å²) in [4.78, 5) is 12.1. The van der Waals surface area contributed by atoms with Crippen molar-refractivity contribution in [2.45, 2.75) is 25.7 Å². The average molecular weight is 286 g/mol. The van der Waals surface area contributed by atoms with Crippen LogP contribution in [0.2, 0.25) is 0 Å². The van der Waals surface area contributed by atoms with Crippen LogP contribution in [0.25, 0.3) is 11.5 Å². The van der Waals surface area contributed by atoms with Crippen molar-refractivity contribution in [1.29, 1.82) is 0 Å². The Morgan fingerprint density at radius 1 is 1.33 bits per heavy atom. The summed E-state index contributed by atoms with van der Waals surface area (Å²) in [5, 5.41) is 10.4. The third-order valence-corrected chi connectivity index (χ3v) is 4.16. The Bertz CT molecular complexity index is 598. The summed E-state index contributed by atoms with van der Waals surface area (Å²) in [6.45, 7) is 0.580. The zero-order valence-corrected chi connectivity index (χ0v) is 11.7. The second-order valence-corrected chi connectivity index (χ2v) is 5.60. The van der Waals surface area contributed by atoms with Gasteiger partial charge in [0.1, 0.15) is 0 Å². The maximum absolute atomic E-state index is 12.1. The van der Waals surface area contributed by atoms with Crippen molar-refractivity contribution < 1.29 is 9.21 Å². The maximum Gasteiger partial charge on any atom is 0.247 e. The van der Waals surface area contributed by atoms with Gasteiger partial charge in [-0.2, -0.15) is 0 Å². The van der Waals surface area contributed by atoms with Crippen molar-refractivity contribution in [3.8, 4) is 11.5 Å². The molecule has 0 aliphatic heterocycles. The summed E-state index contributed by atoms with van der Waals surface area (Å²) >= 11 is 0. The molecule has 6 heteroatoms. The molecule has 3 rings (SSSR count). The van der Waals surface area contributed by atoms with Crippen LogP contribution in [0, 0.1) is 5.41 Å². The number of nitrogens with two attached hydrogens (primary N) is 1. The molecular weight excluding hydrogens is 268 g/mol. The standard InChI is InChI=1S/C15H18N4O2/c16-9-15(6-1-7-15)8-13(20)18-12-4-2-11(3-5-12)14-19-17-10-21-14/h2-5,10H,1,6-9,16H2,(H,18,20). The minimum absolute atomic E-state index is 0.0192. The molecule has 0 atom stereocenters. The number of hydrogen-bond acceptors (Lipinski definition) is 5. The van der Waals surface area contributed by atoms with Gasteiger partial charge in [0, 0.05) is 17.7 Å². The van der Waals surface area contributed by atoms with Gasteiger partial charge < -0.3 is 15.5 Å². The highest BCUT2D eigenvalue weighted by Gasteiger charge is 2.37. The monoisotopic (exact) mass is 286 g/mol. The molecule has 1 saturated carbocycles. The van der Waals surface area contributed by atoms with Gasteiger partial charge in [0.25, 0.3) is 0 Å². The van der Waals surface area contributed by atoms with Crippen molar-refractivity contribution in [1.82, 2.24) is 10.2 Å². The molecule has 1 aliphatic rings. The summed E-state index contributed by atoms with van der Waals surface area (Å²) in [7, 11) is 0. The van der Waals surface area contributed by atoms with Gasteiger partial charge in [-0.15, -0.1) is 10.2 Å². The first-order valence-electron chi connectivity index (χ1n) is 7.07. The predicted molar refractivity (Wildman–Crippen MR) is 78.3 cm³/mol. The number of nitrogens with one attached hydrogen (secondary N) is 1. The largest absolute Gasteiger partial charge is 0.423 e. The van der Waals surface area contributed by atoms with E-state index in [1.165, 1.54) is 12.8 Å². The first-order chi connectivity index (χ1) is 10.2. The van der Waals surface area contributed by atoms with Crippen LogP contribution in [0.3, 0.4) is 0 Å². The summed E-state index contributed by atoms with van der Waals surface area (Å²) < 4.78 is 5.12. The molecule has 0 spiro atoms. The van der Waals surface area contributed by atoms with E-state index in [1.54, 1.807) is 0 Å². The number of nitrogens with zero attached hydrogens (tertiary/aromatic N) is 2. The van der Waals surface area contributed by atoms with Crippen LogP contribution in [0.15, 0.2) is 35.1 Å². The predicted octanol–water partition coefficient (Wildman–Crippen LogP) is 2.19. The second kappa shape index (κ2) is 5.65. The van der Waals surface area contributed by atoms with Crippen LogP contribution in [0.1, 0.15) is 25.7 Å². The van der Waals surface area contributed by atoms with Gasteiger partial charge in [-0.3, -0.25) is 4.79 Å². The Labute approximate surface area is 122 Å². The lowest BCUT2D eigenvalue weighted by Gasteiger charge is -2.40. The summed E-state index contributed by atoms with van der Waals surface area (Å²) in [6.07, 6.45) is 5.05. The molecule has 0 bridgehead atoms. The summed E-state index contributed by atoms with van der Waals surface area (Å²) in [6, 6.07) is 7.33. The number of amides is 1. The molecular formula is C15H18N4O2. The van der Waals surface area contributed by atoms with Gasteiger partial charge in [-0.25, -0.2) is 0 Å². The zero-order chi connectivity index (χ0) is 14.7. The zero-order valence-electron chi connectivity index (χ0n) is 11.7. The quantitative estimate of drug-likeness (QED) is 0.878. The minimum atomic E-state index is 0.0192. The lowest BCUT2D eigenvalue weighted by Crippen LogP contribution is -2.40. The number of hydrogen-bond donors (Lipinski definition) is 2. The molecule has 2 aromatic rings. The van der Waals surface area contributed by atoms with E-state index >= 15 is 0 Å². The van der Waals surface area contributed by atoms with Crippen molar-refractivity contribution >= 4 is 11.6 Å². The lowest BCUT2D eigenvalue weighted by molar-refractivity contribution is -0.119. The van der Waals surface area contributed by atoms with Gasteiger partial charge in [-0.1, -0.05) is 6.42 Å². The van der Waals surface area contributed by atoms with Crippen LogP contribution < -0.4 is 11.1 Å². The normalized spacial score (nSPS) is 16.2. The van der Waals surface area contributed by atoms with Crippen LogP contribution in [-0.2, 0) is 4.79 Å². The van der Waals surface area contributed by atoms with Crippen LogP contribution >= 0.6 is 0 Å². The smallest absolute Gasteiger partial charge is 0.247 e. The van der Waals surface area contributed by atoms with Gasteiger partial charge in [0.2, 0.25) is 18.2 Å². The van der Waals surface area contributed by atoms with Crippen LogP contribution in [0.4, 0.5) is 5.69 Å². The molecule has 21 heavy (non-hydrogen) atoms. The topological polar surface area (TPSA) is 94.0 Å². The van der Waals surface area contributed by atoms with E-state index in [2.05, 4.69) is 15.5 Å². The maximum atomic E-state index is 12.1. The van der Waals surface area contributed by atoms with E-state index in [4.69, 9.17) is 10.2 Å². The van der Waals surface area contributed by atoms with Crippen molar-refractivity contribution in [3.63, 3.8) is 0 Å². The van der Waals surface area contributed by atoms with E-state index in [0.29, 0.717) is 18.9 Å². The molecule has 1 heterocycles. The number of aromatic nitrogens is 2. The molecule has 1 aromatic heterocycles. The minimum Gasteiger partial charge on any atom is -0.423 e. The fourth-order valence-corrected chi connectivity index (χ4v) is 2.67. The molecule has 1 aliphatic carbocycles. The van der Waals surface area contributed by atoms with Crippen LogP contribution in [0.5, 0.6) is 0 Å². The third kappa shape index (κ3) is 2.95. The Morgan fingerprint density at radius 3 is 2.62 bits per heavy atom. The van der Waals surface area contributed by atoms with Gasteiger partial charge in [0.15, 0.2) is 0 Å².